The van der Waals surface area contributed by atoms with Crippen molar-refractivity contribution in [3.05, 3.63) is 63.7 Å². The van der Waals surface area contributed by atoms with Crippen LogP contribution in [0.4, 0.5) is 0 Å². The predicted octanol–water partition coefficient (Wildman–Crippen LogP) is 4.17. The molecule has 0 radical (unpaired) electrons. The zero-order chi connectivity index (χ0) is 16.6. The number of rotatable bonds is 2. The third kappa shape index (κ3) is 3.09. The number of benzene rings is 2. The van der Waals surface area contributed by atoms with E-state index in [-0.39, 0.29) is 11.9 Å². The summed E-state index contributed by atoms with van der Waals surface area (Å²) in [6.07, 6.45) is 0.798. The highest BCUT2D eigenvalue weighted by Gasteiger charge is 2.25. The molecule has 120 valence electrons. The first-order chi connectivity index (χ1) is 11.0. The Kier molecular flexibility index (Phi) is 4.12. The quantitative estimate of drug-likeness (QED) is 0.904. The van der Waals surface area contributed by atoms with E-state index in [4.69, 9.17) is 4.74 Å². The van der Waals surface area contributed by atoms with Gasteiger partial charge in [-0.25, -0.2) is 0 Å². The molecule has 3 rings (SSSR count). The maximum absolute atomic E-state index is 12.7. The van der Waals surface area contributed by atoms with E-state index in [0.29, 0.717) is 6.61 Å². The van der Waals surface area contributed by atoms with Gasteiger partial charge in [-0.2, -0.15) is 0 Å². The zero-order valence-electron chi connectivity index (χ0n) is 14.2. The topological polar surface area (TPSA) is 38.3 Å². The molecule has 0 bridgehead atoms. The van der Waals surface area contributed by atoms with Gasteiger partial charge < -0.3 is 10.1 Å². The molecule has 2 aromatic carbocycles. The summed E-state index contributed by atoms with van der Waals surface area (Å²) in [4.78, 5) is 12.7. The minimum Gasteiger partial charge on any atom is -0.493 e. The Bertz CT molecular complexity index is 764. The predicted molar refractivity (Wildman–Crippen MR) is 92.2 cm³/mol. The highest BCUT2D eigenvalue weighted by molar-refractivity contribution is 5.96. The van der Waals surface area contributed by atoms with Crippen LogP contribution in [-0.2, 0) is 0 Å². The lowest BCUT2D eigenvalue weighted by molar-refractivity contribution is 0.0924. The van der Waals surface area contributed by atoms with E-state index in [2.05, 4.69) is 31.3 Å². The van der Waals surface area contributed by atoms with E-state index in [1.165, 1.54) is 5.56 Å². The highest BCUT2D eigenvalue weighted by atomic mass is 16.5. The van der Waals surface area contributed by atoms with Gasteiger partial charge in [-0.15, -0.1) is 0 Å². The SMILES string of the molecule is Cc1ccc(C)c(C(=O)NC2CCOc3c(C)cc(C)cc32)c1. The van der Waals surface area contributed by atoms with E-state index in [1.807, 2.05) is 32.0 Å². The van der Waals surface area contributed by atoms with Gasteiger partial charge in [0.2, 0.25) is 0 Å². The molecular weight excluding hydrogens is 286 g/mol. The van der Waals surface area contributed by atoms with Crippen molar-refractivity contribution in [3.8, 4) is 5.75 Å². The summed E-state index contributed by atoms with van der Waals surface area (Å²) in [5.41, 5.74) is 6.26. The Morgan fingerprint density at radius 2 is 1.83 bits per heavy atom. The third-order valence-electron chi connectivity index (χ3n) is 4.42. The summed E-state index contributed by atoms with van der Waals surface area (Å²) < 4.78 is 5.82. The molecule has 1 aliphatic heterocycles. The van der Waals surface area contributed by atoms with Gasteiger partial charge in [-0.05, 0) is 44.9 Å². The lowest BCUT2D eigenvalue weighted by Crippen LogP contribution is -2.32. The van der Waals surface area contributed by atoms with Crippen LogP contribution < -0.4 is 10.1 Å². The van der Waals surface area contributed by atoms with Gasteiger partial charge in [0.15, 0.2) is 0 Å². The summed E-state index contributed by atoms with van der Waals surface area (Å²) in [5.74, 6) is 0.913. The summed E-state index contributed by atoms with van der Waals surface area (Å²) in [7, 11) is 0. The number of carbonyl (C=O) groups excluding carboxylic acids is 1. The second-order valence-electron chi connectivity index (χ2n) is 6.48. The maximum Gasteiger partial charge on any atom is 0.252 e. The first-order valence-corrected chi connectivity index (χ1v) is 8.08. The van der Waals surface area contributed by atoms with Crippen molar-refractivity contribution in [1.82, 2.24) is 5.32 Å². The van der Waals surface area contributed by atoms with Crippen LogP contribution in [0.15, 0.2) is 30.3 Å². The number of nitrogens with one attached hydrogen (secondary N) is 1. The summed E-state index contributed by atoms with van der Waals surface area (Å²) in [6.45, 7) is 8.74. The van der Waals surface area contributed by atoms with Gasteiger partial charge in [-0.3, -0.25) is 4.79 Å². The van der Waals surface area contributed by atoms with Crippen LogP contribution in [0.25, 0.3) is 0 Å². The second kappa shape index (κ2) is 6.07. The van der Waals surface area contributed by atoms with Crippen LogP contribution in [0.2, 0.25) is 0 Å². The van der Waals surface area contributed by atoms with Crippen molar-refractivity contribution < 1.29 is 9.53 Å². The first-order valence-electron chi connectivity index (χ1n) is 8.08. The number of ether oxygens (including phenoxy) is 1. The molecule has 0 aliphatic carbocycles. The molecule has 0 saturated heterocycles. The molecule has 3 nitrogen and oxygen atoms in total. The number of amides is 1. The molecule has 1 atom stereocenters. The largest absolute Gasteiger partial charge is 0.493 e. The van der Waals surface area contributed by atoms with Crippen molar-refractivity contribution in [2.45, 2.75) is 40.2 Å². The Morgan fingerprint density at radius 3 is 2.61 bits per heavy atom. The summed E-state index contributed by atoms with van der Waals surface area (Å²) >= 11 is 0. The van der Waals surface area contributed by atoms with Crippen LogP contribution in [0.1, 0.15) is 50.6 Å². The smallest absolute Gasteiger partial charge is 0.252 e. The van der Waals surface area contributed by atoms with E-state index in [0.717, 1.165) is 40.0 Å². The van der Waals surface area contributed by atoms with Crippen molar-refractivity contribution in [2.24, 2.45) is 0 Å². The standard InChI is InChI=1S/C20H23NO2/c1-12-5-6-14(3)16(10-12)20(22)21-18-7-8-23-19-15(4)9-13(2)11-17(18)19/h5-6,9-11,18H,7-8H2,1-4H3,(H,21,22). The van der Waals surface area contributed by atoms with E-state index >= 15 is 0 Å². The lowest BCUT2D eigenvalue weighted by atomic mass is 9.95. The average Bonchev–Trinajstić information content (AvgIpc) is 2.50. The van der Waals surface area contributed by atoms with Crippen LogP contribution in [0, 0.1) is 27.7 Å². The molecule has 1 heterocycles. The van der Waals surface area contributed by atoms with Crippen LogP contribution in [0.5, 0.6) is 5.75 Å². The van der Waals surface area contributed by atoms with Crippen molar-refractivity contribution in [1.29, 1.82) is 0 Å². The fourth-order valence-corrected chi connectivity index (χ4v) is 3.24. The molecule has 0 saturated carbocycles. The lowest BCUT2D eigenvalue weighted by Gasteiger charge is -2.28. The molecule has 1 unspecified atom stereocenters. The fraction of sp³-hybridized carbons (Fsp3) is 0.350. The molecule has 0 spiro atoms. The average molecular weight is 309 g/mol. The van der Waals surface area contributed by atoms with E-state index < -0.39 is 0 Å². The number of aryl methyl sites for hydroxylation is 4. The molecule has 2 aromatic rings. The fourth-order valence-electron chi connectivity index (χ4n) is 3.24. The zero-order valence-corrected chi connectivity index (χ0v) is 14.2. The highest BCUT2D eigenvalue weighted by Crippen LogP contribution is 2.35. The summed E-state index contributed by atoms with van der Waals surface area (Å²) in [6, 6.07) is 10.2. The minimum absolute atomic E-state index is 0.00441. The number of fused-ring (bicyclic) bond motifs is 1. The van der Waals surface area contributed by atoms with Crippen LogP contribution >= 0.6 is 0 Å². The molecule has 1 aliphatic rings. The Balaban J connectivity index is 1.90. The number of hydrogen-bond donors (Lipinski definition) is 1. The number of hydrogen-bond acceptors (Lipinski definition) is 2. The minimum atomic E-state index is -0.0109. The van der Waals surface area contributed by atoms with Gasteiger partial charge >= 0.3 is 0 Å². The number of carbonyl (C=O) groups is 1. The Labute approximate surface area is 137 Å². The molecule has 1 amide bonds. The van der Waals surface area contributed by atoms with Gasteiger partial charge in [0.1, 0.15) is 5.75 Å². The molecule has 3 heteroatoms. The van der Waals surface area contributed by atoms with Crippen LogP contribution in [0.3, 0.4) is 0 Å². The van der Waals surface area contributed by atoms with Crippen molar-refractivity contribution in [3.63, 3.8) is 0 Å². The monoisotopic (exact) mass is 309 g/mol. The second-order valence-corrected chi connectivity index (χ2v) is 6.48. The molecule has 0 aromatic heterocycles. The maximum atomic E-state index is 12.7. The van der Waals surface area contributed by atoms with Gasteiger partial charge in [0.25, 0.3) is 5.91 Å². The molecule has 23 heavy (non-hydrogen) atoms. The van der Waals surface area contributed by atoms with Crippen molar-refractivity contribution in [2.75, 3.05) is 6.61 Å². The Hall–Kier alpha value is -2.29. The summed E-state index contributed by atoms with van der Waals surface area (Å²) in [5, 5.41) is 3.19. The van der Waals surface area contributed by atoms with E-state index in [9.17, 15) is 4.79 Å². The molecular formula is C20H23NO2. The van der Waals surface area contributed by atoms with Crippen LogP contribution in [-0.4, -0.2) is 12.5 Å². The Morgan fingerprint density at radius 1 is 1.04 bits per heavy atom. The van der Waals surface area contributed by atoms with E-state index in [1.54, 1.807) is 0 Å². The third-order valence-corrected chi connectivity index (χ3v) is 4.42. The van der Waals surface area contributed by atoms with Gasteiger partial charge in [0, 0.05) is 17.5 Å². The normalized spacial score (nSPS) is 16.4. The molecule has 1 N–H and O–H groups in total. The van der Waals surface area contributed by atoms with Crippen molar-refractivity contribution >= 4 is 5.91 Å². The van der Waals surface area contributed by atoms with Gasteiger partial charge in [0.05, 0.1) is 12.6 Å². The first kappa shape index (κ1) is 15.6. The molecule has 0 fully saturated rings. The van der Waals surface area contributed by atoms with Gasteiger partial charge in [-0.1, -0.05) is 35.4 Å².